The summed E-state index contributed by atoms with van der Waals surface area (Å²) >= 11 is 0. The molecule has 2 unspecified atom stereocenters. The van der Waals surface area contributed by atoms with Gasteiger partial charge in [-0.1, -0.05) is 30.3 Å². The molecule has 5 nitrogen and oxygen atoms in total. The van der Waals surface area contributed by atoms with Crippen LogP contribution in [-0.4, -0.2) is 14.3 Å². The minimum atomic E-state index is -3.79. The van der Waals surface area contributed by atoms with Crippen LogP contribution in [-0.2, 0) is 14.8 Å². The molecule has 6 heteroatoms. The van der Waals surface area contributed by atoms with Gasteiger partial charge in [-0.15, -0.1) is 0 Å². The predicted molar refractivity (Wildman–Crippen MR) is 82.1 cm³/mol. The Balaban J connectivity index is 1.60. The van der Waals surface area contributed by atoms with Crippen LogP contribution in [0.25, 0.3) is 6.08 Å². The summed E-state index contributed by atoms with van der Waals surface area (Å²) in [4.78, 5) is 12.0. The fraction of sp³-hybridized carbons (Fsp3) is 0.188. The van der Waals surface area contributed by atoms with Crippen LogP contribution < -0.4 is 4.72 Å². The predicted octanol–water partition coefficient (Wildman–Crippen LogP) is 2.50. The minimum absolute atomic E-state index is 0.0247. The van der Waals surface area contributed by atoms with Gasteiger partial charge in [0.1, 0.15) is 5.76 Å². The van der Waals surface area contributed by atoms with Gasteiger partial charge in [-0.2, -0.15) is 0 Å². The van der Waals surface area contributed by atoms with Crippen molar-refractivity contribution in [2.24, 2.45) is 5.92 Å². The van der Waals surface area contributed by atoms with Crippen molar-refractivity contribution in [3.63, 3.8) is 0 Å². The molecule has 1 amide bonds. The van der Waals surface area contributed by atoms with E-state index in [1.807, 2.05) is 18.2 Å². The molecule has 0 spiro atoms. The van der Waals surface area contributed by atoms with Crippen molar-refractivity contribution in [2.75, 3.05) is 0 Å². The highest BCUT2D eigenvalue weighted by Crippen LogP contribution is 2.47. The van der Waals surface area contributed by atoms with Gasteiger partial charge in [-0.25, -0.2) is 13.1 Å². The number of furan rings is 1. The summed E-state index contributed by atoms with van der Waals surface area (Å²) < 4.78 is 31.1. The van der Waals surface area contributed by atoms with Crippen LogP contribution in [0, 0.1) is 5.92 Å². The van der Waals surface area contributed by atoms with Crippen LogP contribution in [0.1, 0.15) is 23.7 Å². The van der Waals surface area contributed by atoms with Gasteiger partial charge in [0.25, 0.3) is 10.0 Å². The molecule has 1 aromatic carbocycles. The zero-order chi connectivity index (χ0) is 15.6. The molecular weight excluding hydrogens is 302 g/mol. The zero-order valence-corrected chi connectivity index (χ0v) is 12.5. The first-order valence-electron chi connectivity index (χ1n) is 6.88. The Bertz CT molecular complexity index is 779. The van der Waals surface area contributed by atoms with Gasteiger partial charge in [0.15, 0.2) is 0 Å². The highest BCUT2D eigenvalue weighted by atomic mass is 32.2. The van der Waals surface area contributed by atoms with Gasteiger partial charge in [0, 0.05) is 11.8 Å². The summed E-state index contributed by atoms with van der Waals surface area (Å²) in [5, 5.41) is 1.00. The first kappa shape index (κ1) is 14.6. The molecule has 3 rings (SSSR count). The minimum Gasteiger partial charge on any atom is -0.469 e. The fourth-order valence-electron chi connectivity index (χ4n) is 2.28. The van der Waals surface area contributed by atoms with Crippen LogP contribution in [0.4, 0.5) is 0 Å². The Morgan fingerprint density at radius 2 is 1.95 bits per heavy atom. The quantitative estimate of drug-likeness (QED) is 0.919. The number of hydrogen-bond donors (Lipinski definition) is 1. The van der Waals surface area contributed by atoms with E-state index in [1.165, 1.54) is 6.08 Å². The third-order valence-electron chi connectivity index (χ3n) is 3.52. The smallest absolute Gasteiger partial charge is 0.257 e. The number of nitrogens with one attached hydrogen (secondary N) is 1. The molecule has 1 aromatic heterocycles. The standard InChI is InChI=1S/C16H15NO4S/c18-16(14-11-13(14)15-7-4-9-21-15)17-22(19,20)10-8-12-5-2-1-3-6-12/h1-10,13-14H,11H2,(H,17,18). The molecule has 0 aliphatic heterocycles. The Morgan fingerprint density at radius 1 is 1.18 bits per heavy atom. The summed E-state index contributed by atoms with van der Waals surface area (Å²) in [6.07, 6.45) is 3.60. The Kier molecular flexibility index (Phi) is 3.85. The van der Waals surface area contributed by atoms with Crippen LogP contribution in [0.3, 0.4) is 0 Å². The van der Waals surface area contributed by atoms with Gasteiger partial charge < -0.3 is 4.42 Å². The van der Waals surface area contributed by atoms with E-state index >= 15 is 0 Å². The van der Waals surface area contributed by atoms with Gasteiger partial charge in [0.05, 0.1) is 11.7 Å². The highest BCUT2D eigenvalue weighted by Gasteiger charge is 2.46. The Morgan fingerprint density at radius 3 is 2.64 bits per heavy atom. The average molecular weight is 317 g/mol. The number of sulfonamides is 1. The molecule has 1 aliphatic carbocycles. The molecule has 114 valence electrons. The van der Waals surface area contributed by atoms with E-state index in [0.29, 0.717) is 6.42 Å². The molecule has 1 aliphatic rings. The maximum Gasteiger partial charge on any atom is 0.257 e. The third kappa shape index (κ3) is 3.46. The molecule has 0 saturated heterocycles. The lowest BCUT2D eigenvalue weighted by atomic mass is 10.2. The van der Waals surface area contributed by atoms with Gasteiger partial charge in [0.2, 0.25) is 5.91 Å². The maximum absolute atomic E-state index is 12.0. The molecule has 1 heterocycles. The summed E-state index contributed by atoms with van der Waals surface area (Å²) in [6.45, 7) is 0. The Hall–Kier alpha value is -2.34. The first-order valence-corrected chi connectivity index (χ1v) is 8.43. The van der Waals surface area contributed by atoms with Gasteiger partial charge in [-0.05, 0) is 30.2 Å². The van der Waals surface area contributed by atoms with Crippen molar-refractivity contribution in [2.45, 2.75) is 12.3 Å². The largest absolute Gasteiger partial charge is 0.469 e. The normalized spacial score (nSPS) is 20.9. The number of rotatable bonds is 5. The van der Waals surface area contributed by atoms with Gasteiger partial charge >= 0.3 is 0 Å². The van der Waals surface area contributed by atoms with E-state index in [9.17, 15) is 13.2 Å². The number of hydrogen-bond acceptors (Lipinski definition) is 4. The SMILES string of the molecule is O=C(NS(=O)(=O)C=Cc1ccccc1)C1CC1c1ccco1. The zero-order valence-electron chi connectivity index (χ0n) is 11.7. The monoisotopic (exact) mass is 317 g/mol. The van der Waals surface area contributed by atoms with Crippen molar-refractivity contribution in [3.05, 3.63) is 65.5 Å². The lowest BCUT2D eigenvalue weighted by Gasteiger charge is -2.02. The second-order valence-electron chi connectivity index (χ2n) is 5.19. The van der Waals surface area contributed by atoms with Crippen LogP contribution >= 0.6 is 0 Å². The lowest BCUT2D eigenvalue weighted by molar-refractivity contribution is -0.120. The van der Waals surface area contributed by atoms with Crippen LogP contribution in [0.15, 0.2) is 58.6 Å². The second kappa shape index (κ2) is 5.81. The van der Waals surface area contributed by atoms with Crippen molar-refractivity contribution in [3.8, 4) is 0 Å². The third-order valence-corrected chi connectivity index (χ3v) is 4.50. The topological polar surface area (TPSA) is 76.4 Å². The van der Waals surface area contributed by atoms with E-state index in [4.69, 9.17) is 4.42 Å². The first-order chi connectivity index (χ1) is 10.6. The van der Waals surface area contributed by atoms with Crippen LogP contribution in [0.5, 0.6) is 0 Å². The second-order valence-corrected chi connectivity index (χ2v) is 6.76. The highest BCUT2D eigenvalue weighted by molar-refractivity contribution is 7.93. The van der Waals surface area contributed by atoms with Crippen molar-refractivity contribution in [1.29, 1.82) is 0 Å². The molecule has 2 aromatic rings. The maximum atomic E-state index is 12.0. The molecule has 22 heavy (non-hydrogen) atoms. The fourth-order valence-corrected chi connectivity index (χ4v) is 3.12. The van der Waals surface area contributed by atoms with E-state index < -0.39 is 15.9 Å². The lowest BCUT2D eigenvalue weighted by Crippen LogP contribution is -2.30. The molecule has 1 N–H and O–H groups in total. The van der Waals surface area contributed by atoms with E-state index in [2.05, 4.69) is 4.72 Å². The Labute approximate surface area is 128 Å². The summed E-state index contributed by atoms with van der Waals surface area (Å²) in [5.41, 5.74) is 0.750. The summed E-state index contributed by atoms with van der Waals surface area (Å²) in [7, 11) is -3.79. The van der Waals surface area contributed by atoms with Crippen LogP contribution in [0.2, 0.25) is 0 Å². The summed E-state index contributed by atoms with van der Waals surface area (Å²) in [6, 6.07) is 12.6. The van der Waals surface area contributed by atoms with E-state index in [1.54, 1.807) is 30.5 Å². The molecule has 1 saturated carbocycles. The number of amides is 1. The number of carbonyl (C=O) groups excluding carboxylic acids is 1. The molecular formula is C16H15NO4S. The molecule has 0 bridgehead atoms. The molecule has 2 atom stereocenters. The van der Waals surface area contributed by atoms with E-state index in [-0.39, 0.29) is 11.8 Å². The average Bonchev–Trinajstić information content (AvgIpc) is 3.12. The number of carbonyl (C=O) groups is 1. The van der Waals surface area contributed by atoms with Crippen molar-refractivity contribution < 1.29 is 17.6 Å². The molecule has 0 radical (unpaired) electrons. The summed E-state index contributed by atoms with van der Waals surface area (Å²) in [5.74, 6) is -0.133. The van der Waals surface area contributed by atoms with Gasteiger partial charge in [-0.3, -0.25) is 4.79 Å². The van der Waals surface area contributed by atoms with E-state index in [0.717, 1.165) is 16.7 Å². The molecule has 1 fully saturated rings. The number of benzene rings is 1. The van der Waals surface area contributed by atoms with Crippen molar-refractivity contribution >= 4 is 22.0 Å². The van der Waals surface area contributed by atoms with Crippen molar-refractivity contribution in [1.82, 2.24) is 4.72 Å².